The Morgan fingerprint density at radius 2 is 1.88 bits per heavy atom. The van der Waals surface area contributed by atoms with Crippen LogP contribution in [0.5, 0.6) is 0 Å². The number of methoxy groups -OCH3 is 1. The fraction of sp³-hybridized carbons (Fsp3) is 0.615. The first-order chi connectivity index (χ1) is 15.5. The van der Waals surface area contributed by atoms with E-state index in [0.717, 1.165) is 42.8 Å². The second-order valence-electron chi connectivity index (χ2n) is 8.63. The van der Waals surface area contributed by atoms with Crippen LogP contribution in [0.1, 0.15) is 74.1 Å². The maximum Gasteiger partial charge on any atom is 0.347 e. The number of nitrogens with one attached hydrogen (secondary N) is 2. The van der Waals surface area contributed by atoms with Gasteiger partial charge in [0.05, 0.1) is 25.0 Å². The van der Waals surface area contributed by atoms with Gasteiger partial charge in [-0.25, -0.2) is 4.79 Å². The van der Waals surface area contributed by atoms with Crippen molar-refractivity contribution in [2.75, 3.05) is 20.2 Å². The molecule has 3 N–H and O–H groups in total. The summed E-state index contributed by atoms with van der Waals surface area (Å²) in [7, 11) is 1.69. The minimum atomic E-state index is -1.24. The minimum Gasteiger partial charge on any atom is -0.502 e. The van der Waals surface area contributed by atoms with Crippen LogP contribution in [-0.4, -0.2) is 43.2 Å². The number of nitrogens with zero attached hydrogens (tertiary/aromatic N) is 1. The van der Waals surface area contributed by atoms with Crippen molar-refractivity contribution in [3.8, 4) is 0 Å². The van der Waals surface area contributed by atoms with Gasteiger partial charge in [-0.3, -0.25) is 4.99 Å². The Kier molecular flexibility index (Phi) is 15.5. The Balaban J connectivity index is 4.48. The van der Waals surface area contributed by atoms with Gasteiger partial charge in [-0.1, -0.05) is 32.4 Å². The molecule has 0 rings (SSSR count). The largest absolute Gasteiger partial charge is 0.502 e. The van der Waals surface area contributed by atoms with Gasteiger partial charge in [-0.2, -0.15) is 0 Å². The second kappa shape index (κ2) is 16.9. The average Bonchev–Trinajstić information content (AvgIpc) is 2.78. The Hall–Kier alpha value is -2.70. The highest BCUT2D eigenvalue weighted by molar-refractivity contribution is 5.76. The number of rotatable bonds is 17. The van der Waals surface area contributed by atoms with E-state index in [4.69, 9.17) is 9.47 Å². The van der Waals surface area contributed by atoms with Crippen LogP contribution in [0.3, 0.4) is 0 Å². The number of allylic oxidation sites excluding steroid dienone is 6. The average molecular weight is 464 g/mol. The summed E-state index contributed by atoms with van der Waals surface area (Å²) >= 11 is 0. The first-order valence-electron chi connectivity index (χ1n) is 11.7. The smallest absolute Gasteiger partial charge is 0.347 e. The summed E-state index contributed by atoms with van der Waals surface area (Å²) in [6, 6.07) is 0. The van der Waals surface area contributed by atoms with Gasteiger partial charge >= 0.3 is 5.97 Å². The van der Waals surface area contributed by atoms with Gasteiger partial charge in [0.15, 0.2) is 5.60 Å². The molecule has 0 fully saturated rings. The molecule has 0 spiro atoms. The number of carbonyl (C=O) groups is 1. The molecule has 0 bridgehead atoms. The van der Waals surface area contributed by atoms with Crippen LogP contribution in [0.15, 0.2) is 52.2 Å². The lowest BCUT2D eigenvalue weighted by Crippen LogP contribution is -2.34. The highest BCUT2D eigenvalue weighted by atomic mass is 16.5. The summed E-state index contributed by atoms with van der Waals surface area (Å²) in [6.45, 7) is 14.9. The highest BCUT2D eigenvalue weighted by Crippen LogP contribution is 2.18. The SMILES string of the molecule is CC/C(=C/NC=NCC/C(C)=C/C=C(\CC)OC(C)(C)C(=O)O)NCC(C)C/C=C(\C)OC. The topological polar surface area (TPSA) is 92.2 Å². The standard InChI is InChI=1S/C26H45N3O4/c1-9-23(29-17-21(4)11-13-22(5)32-8)18-28-19-27-16-15-20(3)12-14-24(10-2)33-26(6,7)25(30)31/h12-14,18-19,21,29H,9-11,15-17H2,1-8H3,(H,27,28)(H,30,31)/b20-12+,22-13+,23-18-,24-14+. The molecule has 188 valence electrons. The molecule has 0 heterocycles. The maximum absolute atomic E-state index is 11.2. The number of aliphatic imine (C=N–C) groups is 1. The van der Waals surface area contributed by atoms with Crippen LogP contribution < -0.4 is 10.6 Å². The van der Waals surface area contributed by atoms with Gasteiger partial charge in [-0.15, -0.1) is 0 Å². The van der Waals surface area contributed by atoms with E-state index in [2.05, 4.69) is 35.5 Å². The molecule has 0 aromatic rings. The third-order valence-electron chi connectivity index (χ3n) is 5.05. The van der Waals surface area contributed by atoms with E-state index in [1.807, 2.05) is 39.1 Å². The lowest BCUT2D eigenvalue weighted by molar-refractivity contribution is -0.157. The van der Waals surface area contributed by atoms with Crippen LogP contribution in [0.25, 0.3) is 0 Å². The monoisotopic (exact) mass is 463 g/mol. The van der Waals surface area contributed by atoms with Gasteiger partial charge < -0.3 is 25.2 Å². The molecule has 7 nitrogen and oxygen atoms in total. The second-order valence-corrected chi connectivity index (χ2v) is 8.63. The van der Waals surface area contributed by atoms with Crippen LogP contribution in [-0.2, 0) is 14.3 Å². The van der Waals surface area contributed by atoms with Gasteiger partial charge in [-0.05, 0) is 65.0 Å². The van der Waals surface area contributed by atoms with Crippen molar-refractivity contribution in [3.05, 3.63) is 47.2 Å². The number of carboxylic acids is 1. The number of aliphatic carboxylic acids is 1. The minimum absolute atomic E-state index is 0.511. The predicted molar refractivity (Wildman–Crippen MR) is 137 cm³/mol. The van der Waals surface area contributed by atoms with E-state index in [-0.39, 0.29) is 0 Å². The highest BCUT2D eigenvalue weighted by Gasteiger charge is 2.29. The summed E-state index contributed by atoms with van der Waals surface area (Å²) < 4.78 is 10.8. The Labute approximate surface area is 200 Å². The van der Waals surface area contributed by atoms with Gasteiger partial charge in [0.1, 0.15) is 0 Å². The Bertz CT molecular complexity index is 734. The lowest BCUT2D eigenvalue weighted by Gasteiger charge is -2.22. The fourth-order valence-corrected chi connectivity index (χ4v) is 2.53. The maximum atomic E-state index is 11.2. The molecule has 0 aromatic carbocycles. The van der Waals surface area contributed by atoms with Crippen LogP contribution >= 0.6 is 0 Å². The van der Waals surface area contributed by atoms with E-state index in [1.54, 1.807) is 27.3 Å². The molecule has 0 radical (unpaired) electrons. The Morgan fingerprint density at radius 3 is 2.45 bits per heavy atom. The van der Waals surface area contributed by atoms with Crippen LogP contribution in [0.4, 0.5) is 0 Å². The molecule has 0 aliphatic rings. The fourth-order valence-electron chi connectivity index (χ4n) is 2.53. The van der Waals surface area contributed by atoms with Crippen molar-refractivity contribution in [1.82, 2.24) is 10.6 Å². The summed E-state index contributed by atoms with van der Waals surface area (Å²) in [5.74, 6) is 1.13. The zero-order chi connectivity index (χ0) is 25.3. The number of hydrogen-bond acceptors (Lipinski definition) is 5. The van der Waals surface area contributed by atoms with Gasteiger partial charge in [0.25, 0.3) is 0 Å². The molecule has 7 heteroatoms. The lowest BCUT2D eigenvalue weighted by atomic mass is 10.1. The number of carboxylic acid groups (broad SMARTS) is 1. The first-order valence-corrected chi connectivity index (χ1v) is 11.7. The summed E-state index contributed by atoms with van der Waals surface area (Å²) in [5, 5.41) is 15.8. The van der Waals surface area contributed by atoms with E-state index < -0.39 is 11.6 Å². The van der Waals surface area contributed by atoms with Gasteiger partial charge in [0.2, 0.25) is 0 Å². The molecule has 0 aliphatic carbocycles. The third kappa shape index (κ3) is 14.9. The molecule has 0 saturated carbocycles. The van der Waals surface area contributed by atoms with Crippen molar-refractivity contribution in [2.45, 2.75) is 79.8 Å². The normalized spacial score (nSPS) is 14.9. The molecule has 0 aliphatic heterocycles. The van der Waals surface area contributed by atoms with E-state index in [9.17, 15) is 9.90 Å². The van der Waals surface area contributed by atoms with Crippen molar-refractivity contribution in [1.29, 1.82) is 0 Å². The van der Waals surface area contributed by atoms with Crippen molar-refractivity contribution in [3.63, 3.8) is 0 Å². The van der Waals surface area contributed by atoms with Crippen molar-refractivity contribution in [2.24, 2.45) is 10.9 Å². The zero-order valence-electron chi connectivity index (χ0n) is 21.8. The molecule has 0 saturated heterocycles. The molecule has 1 unspecified atom stereocenters. The predicted octanol–water partition coefficient (Wildman–Crippen LogP) is 5.53. The molecular weight excluding hydrogens is 418 g/mol. The van der Waals surface area contributed by atoms with E-state index >= 15 is 0 Å². The molecular formula is C26H45N3O4. The molecule has 1 atom stereocenters. The summed E-state index contributed by atoms with van der Waals surface area (Å²) in [5.41, 5.74) is 1.04. The first kappa shape index (κ1) is 30.3. The Morgan fingerprint density at radius 1 is 1.18 bits per heavy atom. The summed E-state index contributed by atoms with van der Waals surface area (Å²) in [4.78, 5) is 15.6. The third-order valence-corrected chi connectivity index (χ3v) is 5.05. The molecule has 33 heavy (non-hydrogen) atoms. The quantitative estimate of drug-likeness (QED) is 0.114. The van der Waals surface area contributed by atoms with Crippen LogP contribution in [0.2, 0.25) is 0 Å². The number of hydrogen-bond donors (Lipinski definition) is 3. The van der Waals surface area contributed by atoms with Crippen molar-refractivity contribution < 1.29 is 19.4 Å². The number of ether oxygens (including phenoxy) is 2. The summed E-state index contributed by atoms with van der Waals surface area (Å²) in [6.07, 6.45) is 12.9. The zero-order valence-corrected chi connectivity index (χ0v) is 21.8. The van der Waals surface area contributed by atoms with Gasteiger partial charge in [0, 0.05) is 31.4 Å². The van der Waals surface area contributed by atoms with E-state index in [1.165, 1.54) is 0 Å². The van der Waals surface area contributed by atoms with E-state index in [0.29, 0.717) is 24.6 Å². The molecule has 0 amide bonds. The van der Waals surface area contributed by atoms with Crippen molar-refractivity contribution >= 4 is 12.3 Å². The van der Waals surface area contributed by atoms with Crippen LogP contribution in [0, 0.1) is 5.92 Å². The molecule has 0 aromatic heterocycles.